The number of carbonyl (C=O) groups excluding carboxylic acids is 5. The van der Waals surface area contributed by atoms with Crippen molar-refractivity contribution in [2.45, 2.75) is 58.3 Å². The molecule has 0 unspecified atom stereocenters. The summed E-state index contributed by atoms with van der Waals surface area (Å²) >= 11 is 0. The lowest BCUT2D eigenvalue weighted by atomic mass is 9.97. The molecule has 1 saturated heterocycles. The normalized spacial score (nSPS) is 24.1. The van der Waals surface area contributed by atoms with Gasteiger partial charge in [-0.15, -0.1) is 0 Å². The predicted molar refractivity (Wildman–Crippen MR) is 108 cm³/mol. The highest BCUT2D eigenvalue weighted by Gasteiger charge is 2.52. The molecule has 1 fully saturated rings. The van der Waals surface area contributed by atoms with Crippen molar-refractivity contribution in [3.8, 4) is 5.75 Å². The van der Waals surface area contributed by atoms with Crippen LogP contribution in [-0.2, 0) is 42.9 Å². The zero-order chi connectivity index (χ0) is 24.5. The average Bonchev–Trinajstić information content (AvgIpc) is 2.70. The molecule has 5 atom stereocenters. The van der Waals surface area contributed by atoms with Crippen LogP contribution in [0.3, 0.4) is 0 Å². The summed E-state index contributed by atoms with van der Waals surface area (Å²) in [6, 6.07) is 8.09. The molecule has 1 N–H and O–H groups in total. The van der Waals surface area contributed by atoms with Gasteiger partial charge in [0, 0.05) is 27.7 Å². The smallest absolute Gasteiger partial charge is 0.414 e. The van der Waals surface area contributed by atoms with Gasteiger partial charge in [0.2, 0.25) is 0 Å². The average molecular weight is 467 g/mol. The van der Waals surface area contributed by atoms with E-state index in [0.29, 0.717) is 0 Å². The summed E-state index contributed by atoms with van der Waals surface area (Å²) in [7, 11) is 0. The molecule has 1 aromatic rings. The first-order valence-corrected chi connectivity index (χ1v) is 9.90. The maximum Gasteiger partial charge on any atom is 0.414 e. The van der Waals surface area contributed by atoms with Crippen molar-refractivity contribution in [3.05, 3.63) is 30.3 Å². The van der Waals surface area contributed by atoms with Crippen LogP contribution in [-0.4, -0.2) is 67.2 Å². The third-order valence-electron chi connectivity index (χ3n) is 4.20. The van der Waals surface area contributed by atoms with Crippen LogP contribution >= 0.6 is 0 Å². The third-order valence-corrected chi connectivity index (χ3v) is 4.20. The van der Waals surface area contributed by atoms with Gasteiger partial charge in [0.15, 0.2) is 24.5 Å². The van der Waals surface area contributed by atoms with Gasteiger partial charge in [-0.2, -0.15) is 0 Å². The monoisotopic (exact) mass is 467 g/mol. The number of nitrogens with one attached hydrogen (secondary N) is 1. The van der Waals surface area contributed by atoms with E-state index >= 15 is 0 Å². The predicted octanol–water partition coefficient (Wildman–Crippen LogP) is 0.858. The van der Waals surface area contributed by atoms with E-state index in [1.807, 2.05) is 0 Å². The van der Waals surface area contributed by atoms with Crippen LogP contribution in [0.1, 0.15) is 27.7 Å². The van der Waals surface area contributed by atoms with Gasteiger partial charge in [-0.05, 0) is 12.1 Å². The Kier molecular flexibility index (Phi) is 9.16. The van der Waals surface area contributed by atoms with Crippen LogP contribution in [0.25, 0.3) is 0 Å². The maximum absolute atomic E-state index is 12.4. The van der Waals surface area contributed by atoms with Crippen molar-refractivity contribution in [3.63, 3.8) is 0 Å². The second-order valence-corrected chi connectivity index (χ2v) is 6.97. The molecule has 12 nitrogen and oxygen atoms in total. The molecule has 12 heteroatoms. The number of benzene rings is 1. The molecule has 1 aliphatic rings. The van der Waals surface area contributed by atoms with Gasteiger partial charge in [-0.25, -0.2) is 4.79 Å². The van der Waals surface area contributed by atoms with Gasteiger partial charge in [0.25, 0.3) is 0 Å². The molecule has 0 aliphatic carbocycles. The molecule has 0 bridgehead atoms. The minimum Gasteiger partial charge on any atom is -0.463 e. The summed E-state index contributed by atoms with van der Waals surface area (Å²) in [6.45, 7) is 4.04. The molecular formula is C21H25NO11. The first-order chi connectivity index (χ1) is 15.6. The lowest BCUT2D eigenvalue weighted by Crippen LogP contribution is -2.66. The molecule has 1 aliphatic heterocycles. The van der Waals surface area contributed by atoms with E-state index < -0.39 is 67.2 Å². The Morgan fingerprint density at radius 3 is 1.88 bits per heavy atom. The van der Waals surface area contributed by atoms with Crippen LogP contribution in [0.4, 0.5) is 4.79 Å². The van der Waals surface area contributed by atoms with E-state index in [0.717, 1.165) is 27.7 Å². The fraction of sp³-hybridized carbons (Fsp3) is 0.476. The number of hydrogen-bond donors (Lipinski definition) is 1. The molecule has 0 aromatic heterocycles. The van der Waals surface area contributed by atoms with E-state index in [9.17, 15) is 24.0 Å². The van der Waals surface area contributed by atoms with Crippen molar-refractivity contribution >= 4 is 30.0 Å². The van der Waals surface area contributed by atoms with Crippen LogP contribution in [0.5, 0.6) is 5.75 Å². The van der Waals surface area contributed by atoms with Crippen molar-refractivity contribution in [1.82, 2.24) is 5.32 Å². The fourth-order valence-corrected chi connectivity index (χ4v) is 3.09. The Bertz CT molecular complexity index is 872. The first-order valence-electron chi connectivity index (χ1n) is 9.90. The third kappa shape index (κ3) is 8.07. The van der Waals surface area contributed by atoms with Crippen LogP contribution < -0.4 is 10.1 Å². The number of ether oxygens (including phenoxy) is 6. The standard InChI is InChI=1S/C21H25NO11/c1-11(23)28-10-16-17(29-12(2)24)18(30-13(3)25)19(31-14(4)26)20(33-16)22-21(27)32-15-8-6-5-7-9-15/h5-9,16-20H,10H2,1-4H3,(H,22,27)/t16-,17-,18+,19-,20-/m1/s1. The molecule has 0 saturated carbocycles. The van der Waals surface area contributed by atoms with E-state index in [2.05, 4.69) is 5.32 Å². The van der Waals surface area contributed by atoms with Gasteiger partial charge in [0.1, 0.15) is 18.5 Å². The largest absolute Gasteiger partial charge is 0.463 e. The summed E-state index contributed by atoms with van der Waals surface area (Å²) in [5.74, 6) is -2.76. The number of rotatable bonds is 7. The Morgan fingerprint density at radius 2 is 1.33 bits per heavy atom. The number of esters is 4. The van der Waals surface area contributed by atoms with Gasteiger partial charge in [0.05, 0.1) is 0 Å². The molecule has 1 amide bonds. The van der Waals surface area contributed by atoms with Crippen molar-refractivity contribution in [2.24, 2.45) is 0 Å². The summed E-state index contributed by atoms with van der Waals surface area (Å²) < 4.78 is 31.6. The maximum atomic E-state index is 12.4. The van der Waals surface area contributed by atoms with Gasteiger partial charge < -0.3 is 28.4 Å². The SMILES string of the molecule is CC(=O)OC[C@H]1O[C@@H](NC(=O)Oc2ccccc2)[C@H](OC(C)=O)[C@@H](OC(C)=O)[C@@H]1OC(C)=O. The molecular weight excluding hydrogens is 442 g/mol. The van der Waals surface area contributed by atoms with Crippen molar-refractivity contribution in [1.29, 1.82) is 0 Å². The summed E-state index contributed by atoms with van der Waals surface area (Å²) in [6.07, 6.45) is -7.71. The van der Waals surface area contributed by atoms with E-state index in [1.165, 1.54) is 12.1 Å². The molecule has 180 valence electrons. The molecule has 0 radical (unpaired) electrons. The van der Waals surface area contributed by atoms with Crippen molar-refractivity contribution in [2.75, 3.05) is 6.61 Å². The van der Waals surface area contributed by atoms with E-state index in [4.69, 9.17) is 28.4 Å². The number of hydrogen-bond acceptors (Lipinski definition) is 11. The van der Waals surface area contributed by atoms with E-state index in [-0.39, 0.29) is 5.75 Å². The van der Waals surface area contributed by atoms with E-state index in [1.54, 1.807) is 18.2 Å². The zero-order valence-electron chi connectivity index (χ0n) is 18.5. The Morgan fingerprint density at radius 1 is 0.788 bits per heavy atom. The lowest BCUT2D eigenvalue weighted by Gasteiger charge is -2.44. The van der Waals surface area contributed by atoms with Crippen LogP contribution in [0.15, 0.2) is 30.3 Å². The highest BCUT2D eigenvalue weighted by Crippen LogP contribution is 2.28. The Hall–Kier alpha value is -3.67. The van der Waals surface area contributed by atoms with Gasteiger partial charge in [-0.3, -0.25) is 24.5 Å². The lowest BCUT2D eigenvalue weighted by molar-refractivity contribution is -0.255. The van der Waals surface area contributed by atoms with Gasteiger partial charge in [-0.1, -0.05) is 18.2 Å². The molecule has 2 rings (SSSR count). The minimum atomic E-state index is -1.42. The van der Waals surface area contributed by atoms with Crippen molar-refractivity contribution < 1.29 is 52.4 Å². The topological polar surface area (TPSA) is 153 Å². The number of carbonyl (C=O) groups is 5. The summed E-state index contributed by atoms with van der Waals surface area (Å²) in [5, 5.41) is 2.38. The molecule has 33 heavy (non-hydrogen) atoms. The highest BCUT2D eigenvalue weighted by molar-refractivity contribution is 5.71. The first kappa shape index (κ1) is 25.6. The van der Waals surface area contributed by atoms with Crippen LogP contribution in [0, 0.1) is 0 Å². The number of para-hydroxylation sites is 1. The fourth-order valence-electron chi connectivity index (χ4n) is 3.09. The Balaban J connectivity index is 2.35. The zero-order valence-corrected chi connectivity index (χ0v) is 18.5. The molecule has 1 heterocycles. The quantitative estimate of drug-likeness (QED) is 0.449. The van der Waals surface area contributed by atoms with Crippen LogP contribution in [0.2, 0.25) is 0 Å². The molecule has 0 spiro atoms. The molecule has 1 aromatic carbocycles. The second kappa shape index (κ2) is 11.8. The minimum absolute atomic E-state index is 0.223. The van der Waals surface area contributed by atoms with Gasteiger partial charge >= 0.3 is 30.0 Å². The summed E-state index contributed by atoms with van der Waals surface area (Å²) in [4.78, 5) is 59.0. The second-order valence-electron chi connectivity index (χ2n) is 6.97. The Labute approximate surface area is 189 Å². The highest BCUT2D eigenvalue weighted by atomic mass is 16.7. The summed E-state index contributed by atoms with van der Waals surface area (Å²) in [5.41, 5.74) is 0. The number of amides is 1.